The van der Waals surface area contributed by atoms with Gasteiger partial charge < -0.3 is 0 Å². The van der Waals surface area contributed by atoms with Gasteiger partial charge in [0.1, 0.15) is 17.7 Å². The van der Waals surface area contributed by atoms with Gasteiger partial charge in [-0.1, -0.05) is 19.9 Å². The Hall–Kier alpha value is -1.25. The average Bonchev–Trinajstić information content (AvgIpc) is 2.35. The molecular formula is C14H17ClN2. The van der Waals surface area contributed by atoms with Gasteiger partial charge >= 0.3 is 0 Å². The highest BCUT2D eigenvalue weighted by molar-refractivity contribution is 6.23. The van der Waals surface area contributed by atoms with Crippen LogP contribution in [0.4, 0.5) is 0 Å². The summed E-state index contributed by atoms with van der Waals surface area (Å²) in [5.74, 6) is 0.663. The summed E-state index contributed by atoms with van der Waals surface area (Å²) in [6, 6.07) is 4.01. The van der Waals surface area contributed by atoms with Gasteiger partial charge in [-0.05, 0) is 42.7 Å². The number of rotatable bonds is 1. The fraction of sp³-hybridized carbons (Fsp3) is 0.571. The summed E-state index contributed by atoms with van der Waals surface area (Å²) in [6.45, 7) is 6.13. The van der Waals surface area contributed by atoms with Crippen LogP contribution in [0.5, 0.6) is 0 Å². The summed E-state index contributed by atoms with van der Waals surface area (Å²) in [5, 5.41) is 18.0. The molecular weight excluding hydrogens is 232 g/mol. The van der Waals surface area contributed by atoms with Crippen molar-refractivity contribution in [2.75, 3.05) is 0 Å². The quantitative estimate of drug-likeness (QED) is 0.521. The third kappa shape index (κ3) is 2.54. The number of alkyl halides is 1. The van der Waals surface area contributed by atoms with Crippen molar-refractivity contribution in [2.24, 2.45) is 11.8 Å². The molecule has 1 fully saturated rings. The Morgan fingerprint density at radius 3 is 2.47 bits per heavy atom. The molecule has 0 amide bonds. The van der Waals surface area contributed by atoms with Crippen molar-refractivity contribution < 1.29 is 0 Å². The van der Waals surface area contributed by atoms with Crippen molar-refractivity contribution in [3.05, 3.63) is 22.8 Å². The molecule has 17 heavy (non-hydrogen) atoms. The number of hydrogen-bond donors (Lipinski definition) is 0. The first-order chi connectivity index (χ1) is 8.10. The molecule has 1 saturated carbocycles. The number of nitriles is 2. The highest BCUT2D eigenvalue weighted by atomic mass is 35.5. The van der Waals surface area contributed by atoms with E-state index in [1.807, 2.05) is 25.1 Å². The maximum atomic E-state index is 9.06. The van der Waals surface area contributed by atoms with E-state index in [9.17, 15) is 0 Å². The van der Waals surface area contributed by atoms with Crippen LogP contribution in [0, 0.1) is 34.5 Å². The van der Waals surface area contributed by atoms with Gasteiger partial charge in [-0.25, -0.2) is 0 Å². The fourth-order valence-electron chi connectivity index (χ4n) is 2.56. The van der Waals surface area contributed by atoms with Crippen LogP contribution in [0.15, 0.2) is 22.8 Å². The van der Waals surface area contributed by atoms with E-state index in [0.29, 0.717) is 5.92 Å². The molecule has 0 aliphatic heterocycles. The molecule has 3 heteroatoms. The van der Waals surface area contributed by atoms with E-state index in [1.165, 1.54) is 0 Å². The zero-order valence-electron chi connectivity index (χ0n) is 10.5. The first-order valence-electron chi connectivity index (χ1n) is 5.95. The Bertz CT molecular complexity index is 418. The van der Waals surface area contributed by atoms with Crippen LogP contribution in [0.25, 0.3) is 0 Å². The first kappa shape index (κ1) is 13.8. The fourth-order valence-corrected chi connectivity index (χ4v) is 2.90. The zero-order valence-corrected chi connectivity index (χ0v) is 11.3. The summed E-state index contributed by atoms with van der Waals surface area (Å²) in [6.07, 6.45) is 3.83. The maximum Gasteiger partial charge on any atom is 0.133 e. The highest BCUT2D eigenvalue weighted by Gasteiger charge is 2.34. The van der Waals surface area contributed by atoms with Crippen LogP contribution in [0.1, 0.15) is 33.6 Å². The summed E-state index contributed by atoms with van der Waals surface area (Å²) in [7, 11) is 0. The molecule has 0 radical (unpaired) electrons. The van der Waals surface area contributed by atoms with Crippen molar-refractivity contribution in [2.45, 2.75) is 39.0 Å². The first-order valence-corrected chi connectivity index (χ1v) is 6.39. The second-order valence-electron chi connectivity index (χ2n) is 4.48. The van der Waals surface area contributed by atoms with Crippen molar-refractivity contribution in [3.63, 3.8) is 0 Å². The summed E-state index contributed by atoms with van der Waals surface area (Å²) >= 11 is 6.39. The van der Waals surface area contributed by atoms with Gasteiger partial charge in [0.2, 0.25) is 0 Å². The van der Waals surface area contributed by atoms with E-state index in [-0.39, 0.29) is 16.9 Å². The van der Waals surface area contributed by atoms with E-state index in [4.69, 9.17) is 22.1 Å². The Kier molecular flexibility index (Phi) is 4.79. The molecule has 3 unspecified atom stereocenters. The third-order valence-corrected chi connectivity index (χ3v) is 4.13. The molecule has 0 bridgehead atoms. The van der Waals surface area contributed by atoms with Gasteiger partial charge in [0.05, 0.1) is 5.38 Å². The lowest BCUT2D eigenvalue weighted by molar-refractivity contribution is 0.391. The van der Waals surface area contributed by atoms with Crippen molar-refractivity contribution in [1.29, 1.82) is 10.5 Å². The topological polar surface area (TPSA) is 47.6 Å². The smallest absolute Gasteiger partial charge is 0.133 e. The van der Waals surface area contributed by atoms with Gasteiger partial charge in [-0.2, -0.15) is 10.5 Å². The molecule has 0 saturated heterocycles. The largest absolute Gasteiger partial charge is 0.192 e. The number of hydrogen-bond acceptors (Lipinski definition) is 2. The van der Waals surface area contributed by atoms with Crippen molar-refractivity contribution >= 4 is 11.6 Å². The molecule has 2 nitrogen and oxygen atoms in total. The van der Waals surface area contributed by atoms with Crippen molar-refractivity contribution in [3.8, 4) is 12.1 Å². The summed E-state index contributed by atoms with van der Waals surface area (Å²) in [4.78, 5) is 0. The molecule has 0 aromatic carbocycles. The van der Waals surface area contributed by atoms with Crippen LogP contribution in [-0.4, -0.2) is 5.38 Å². The molecule has 1 aliphatic carbocycles. The molecule has 1 rings (SSSR count). The Balaban J connectivity index is 3.37. The molecule has 0 spiro atoms. The molecule has 90 valence electrons. The number of allylic oxidation sites excluding steroid dienone is 4. The van der Waals surface area contributed by atoms with Gasteiger partial charge in [0, 0.05) is 0 Å². The van der Waals surface area contributed by atoms with Crippen LogP contribution in [0.3, 0.4) is 0 Å². The third-order valence-electron chi connectivity index (χ3n) is 3.47. The Morgan fingerprint density at radius 1 is 1.47 bits per heavy atom. The van der Waals surface area contributed by atoms with Crippen LogP contribution in [-0.2, 0) is 0 Å². The van der Waals surface area contributed by atoms with Gasteiger partial charge in [0.15, 0.2) is 0 Å². The molecule has 1 aliphatic rings. The van der Waals surface area contributed by atoms with E-state index in [1.54, 1.807) is 0 Å². The maximum absolute atomic E-state index is 9.06. The summed E-state index contributed by atoms with van der Waals surface area (Å²) in [5.41, 5.74) is 2.07. The second kappa shape index (κ2) is 5.89. The number of halogens is 1. The molecule has 0 aromatic rings. The predicted octanol–water partition coefficient (Wildman–Crippen LogP) is 3.95. The minimum absolute atomic E-state index is 0.0884. The second-order valence-corrected chi connectivity index (χ2v) is 4.95. The van der Waals surface area contributed by atoms with Crippen LogP contribution in [0.2, 0.25) is 0 Å². The SMILES string of the molecule is CC=C1C(=C(C#N)C#N)C(CC)CC(C)C1Cl. The van der Waals surface area contributed by atoms with Gasteiger partial charge in [-0.3, -0.25) is 0 Å². The van der Waals surface area contributed by atoms with Gasteiger partial charge in [-0.15, -0.1) is 11.6 Å². The average molecular weight is 249 g/mol. The minimum atomic E-state index is -0.0884. The Morgan fingerprint density at radius 2 is 2.06 bits per heavy atom. The van der Waals surface area contributed by atoms with Crippen LogP contribution >= 0.6 is 11.6 Å². The van der Waals surface area contributed by atoms with E-state index in [0.717, 1.165) is 24.0 Å². The molecule has 0 N–H and O–H groups in total. The monoisotopic (exact) mass is 248 g/mol. The van der Waals surface area contributed by atoms with E-state index in [2.05, 4.69) is 13.8 Å². The van der Waals surface area contributed by atoms with E-state index >= 15 is 0 Å². The molecule has 0 heterocycles. The van der Waals surface area contributed by atoms with Crippen molar-refractivity contribution in [1.82, 2.24) is 0 Å². The normalized spacial score (nSPS) is 30.8. The molecule has 0 aromatic heterocycles. The summed E-state index contributed by atoms with van der Waals surface area (Å²) < 4.78 is 0. The van der Waals surface area contributed by atoms with E-state index < -0.39 is 0 Å². The number of nitrogens with zero attached hydrogens (tertiary/aromatic N) is 2. The lowest BCUT2D eigenvalue weighted by Gasteiger charge is -2.35. The Labute approximate surface area is 108 Å². The minimum Gasteiger partial charge on any atom is -0.192 e. The lowest BCUT2D eigenvalue weighted by atomic mass is 9.72. The lowest BCUT2D eigenvalue weighted by Crippen LogP contribution is -2.28. The van der Waals surface area contributed by atoms with Crippen LogP contribution < -0.4 is 0 Å². The molecule has 3 atom stereocenters. The zero-order chi connectivity index (χ0) is 13.0. The predicted molar refractivity (Wildman–Crippen MR) is 69.2 cm³/mol. The van der Waals surface area contributed by atoms with Gasteiger partial charge in [0.25, 0.3) is 0 Å². The highest BCUT2D eigenvalue weighted by Crippen LogP contribution is 2.43. The standard InChI is InChI=1S/C14H17ClN2/c1-4-10-6-9(3)14(15)12(5-2)13(10)11(7-16)8-17/h5,9-10,14H,4,6H2,1-3H3.